The summed E-state index contributed by atoms with van der Waals surface area (Å²) in [6, 6.07) is 5.40. The third-order valence-electron chi connectivity index (χ3n) is 2.68. The zero-order valence-electron chi connectivity index (χ0n) is 10.4. The van der Waals surface area contributed by atoms with E-state index in [0.717, 1.165) is 0 Å². The molecule has 0 heterocycles. The minimum absolute atomic E-state index is 0.0480. The van der Waals surface area contributed by atoms with Crippen LogP contribution in [0.2, 0.25) is 0 Å². The Morgan fingerprint density at radius 3 is 2.33 bits per heavy atom. The molecule has 0 atom stereocenters. The van der Waals surface area contributed by atoms with Gasteiger partial charge >= 0.3 is 0 Å². The van der Waals surface area contributed by atoms with Gasteiger partial charge in [0, 0.05) is 24.7 Å². The summed E-state index contributed by atoms with van der Waals surface area (Å²) >= 11 is 3.03. The summed E-state index contributed by atoms with van der Waals surface area (Å²) < 4.78 is 39.9. The number of nitro groups is 1. The van der Waals surface area contributed by atoms with Crippen molar-refractivity contribution in [3.05, 3.63) is 67.9 Å². The second-order valence-corrected chi connectivity index (χ2v) is 5.00. The maximum Gasteiger partial charge on any atom is 0.283 e. The lowest BCUT2D eigenvalue weighted by Gasteiger charge is -2.09. The predicted octanol–water partition coefficient (Wildman–Crippen LogP) is 4.39. The molecule has 0 amide bonds. The van der Waals surface area contributed by atoms with Gasteiger partial charge in [-0.05, 0) is 27.6 Å². The highest BCUT2D eigenvalue weighted by Crippen LogP contribution is 2.26. The normalized spacial score (nSPS) is 10.5. The summed E-state index contributed by atoms with van der Waals surface area (Å²) in [4.78, 5) is 10.2. The van der Waals surface area contributed by atoms with E-state index in [1.54, 1.807) is 6.07 Å². The molecule has 2 aromatic carbocycles. The Hall–Kier alpha value is -2.09. The fourth-order valence-electron chi connectivity index (χ4n) is 1.71. The van der Waals surface area contributed by atoms with Gasteiger partial charge in [-0.3, -0.25) is 10.1 Å². The Labute approximate surface area is 125 Å². The van der Waals surface area contributed by atoms with Crippen LogP contribution in [0.3, 0.4) is 0 Å². The molecule has 0 aromatic heterocycles. The fraction of sp³-hybridized carbons (Fsp3) is 0.0769. The smallest absolute Gasteiger partial charge is 0.283 e. The topological polar surface area (TPSA) is 55.2 Å². The molecule has 2 rings (SSSR count). The van der Waals surface area contributed by atoms with Crippen molar-refractivity contribution >= 4 is 27.3 Å². The minimum Gasteiger partial charge on any atom is -0.376 e. The van der Waals surface area contributed by atoms with E-state index in [1.807, 2.05) is 0 Å². The number of nitrogens with zero attached hydrogens (tertiary/aromatic N) is 1. The number of nitrogens with one attached hydrogen (secondary N) is 1. The molecule has 0 aliphatic carbocycles. The number of anilines is 1. The van der Waals surface area contributed by atoms with Crippen molar-refractivity contribution in [1.82, 2.24) is 0 Å². The van der Waals surface area contributed by atoms with Crippen LogP contribution in [0.5, 0.6) is 0 Å². The van der Waals surface area contributed by atoms with Crippen LogP contribution in [0.4, 0.5) is 24.5 Å². The van der Waals surface area contributed by atoms with E-state index in [4.69, 9.17) is 0 Å². The lowest BCUT2D eigenvalue weighted by Crippen LogP contribution is -2.05. The van der Waals surface area contributed by atoms with E-state index in [-0.39, 0.29) is 12.2 Å². The largest absolute Gasteiger partial charge is 0.376 e. The summed E-state index contributed by atoms with van der Waals surface area (Å²) in [5.74, 6) is -3.16. The number of nitro benzene ring substituents is 1. The first kappa shape index (κ1) is 15.3. The van der Waals surface area contributed by atoms with Gasteiger partial charge in [-0.1, -0.05) is 6.07 Å². The van der Waals surface area contributed by atoms with Crippen LogP contribution < -0.4 is 5.32 Å². The van der Waals surface area contributed by atoms with Crippen LogP contribution in [-0.2, 0) is 6.54 Å². The molecule has 0 aliphatic heterocycles. The molecule has 110 valence electrons. The summed E-state index contributed by atoms with van der Waals surface area (Å²) in [5, 5.41) is 13.2. The highest BCUT2D eigenvalue weighted by atomic mass is 79.9. The summed E-state index contributed by atoms with van der Waals surface area (Å²) in [6.45, 7) is -0.0480. The van der Waals surface area contributed by atoms with Crippen LogP contribution in [0.25, 0.3) is 0 Å². The standard InChI is InChI=1S/C13H8BrF3N2O2/c14-9-2-1-7(3-12(9)19(20)21)6-18-13-10(16)4-8(15)5-11(13)17/h1-5,18H,6H2. The minimum atomic E-state index is -1.07. The molecule has 0 saturated carbocycles. The molecule has 4 nitrogen and oxygen atoms in total. The fourth-order valence-corrected chi connectivity index (χ4v) is 2.10. The van der Waals surface area contributed by atoms with Gasteiger partial charge in [0.15, 0.2) is 11.6 Å². The molecule has 2 aromatic rings. The maximum absolute atomic E-state index is 13.4. The Morgan fingerprint density at radius 1 is 1.14 bits per heavy atom. The van der Waals surface area contributed by atoms with Crippen LogP contribution in [0, 0.1) is 27.6 Å². The molecular weight excluding hydrogens is 353 g/mol. The number of hydrogen-bond acceptors (Lipinski definition) is 3. The van der Waals surface area contributed by atoms with Gasteiger partial charge in [0.05, 0.1) is 9.40 Å². The molecular formula is C13H8BrF3N2O2. The van der Waals surface area contributed by atoms with Crippen molar-refractivity contribution in [2.75, 3.05) is 5.32 Å². The number of hydrogen-bond donors (Lipinski definition) is 1. The quantitative estimate of drug-likeness (QED) is 0.649. The van der Waals surface area contributed by atoms with Gasteiger partial charge < -0.3 is 5.32 Å². The monoisotopic (exact) mass is 360 g/mol. The van der Waals surface area contributed by atoms with Crippen molar-refractivity contribution in [1.29, 1.82) is 0 Å². The van der Waals surface area contributed by atoms with Gasteiger partial charge in [0.2, 0.25) is 0 Å². The molecule has 0 aliphatic rings. The first-order valence-corrected chi connectivity index (χ1v) is 6.49. The van der Waals surface area contributed by atoms with Crippen molar-refractivity contribution < 1.29 is 18.1 Å². The molecule has 21 heavy (non-hydrogen) atoms. The van der Waals surface area contributed by atoms with E-state index < -0.39 is 28.1 Å². The van der Waals surface area contributed by atoms with E-state index in [0.29, 0.717) is 22.2 Å². The Morgan fingerprint density at radius 2 is 1.76 bits per heavy atom. The zero-order valence-corrected chi connectivity index (χ0v) is 12.0. The summed E-state index contributed by atoms with van der Waals surface area (Å²) in [7, 11) is 0. The van der Waals surface area contributed by atoms with Crippen molar-refractivity contribution in [2.45, 2.75) is 6.54 Å². The lowest BCUT2D eigenvalue weighted by atomic mass is 10.2. The van der Waals surface area contributed by atoms with Gasteiger partial charge in [0.25, 0.3) is 5.69 Å². The van der Waals surface area contributed by atoms with E-state index in [9.17, 15) is 23.3 Å². The summed E-state index contributed by atoms with van der Waals surface area (Å²) in [5.41, 5.74) is -0.190. The van der Waals surface area contributed by atoms with Gasteiger partial charge in [-0.2, -0.15) is 0 Å². The molecule has 0 fully saturated rings. The SMILES string of the molecule is O=[N+]([O-])c1cc(CNc2c(F)cc(F)cc2F)ccc1Br. The van der Waals surface area contributed by atoms with Crippen molar-refractivity contribution in [3.8, 4) is 0 Å². The van der Waals surface area contributed by atoms with Crippen molar-refractivity contribution in [3.63, 3.8) is 0 Å². The molecule has 0 bridgehead atoms. The van der Waals surface area contributed by atoms with Crippen LogP contribution in [0.15, 0.2) is 34.8 Å². The van der Waals surface area contributed by atoms with Crippen molar-refractivity contribution in [2.24, 2.45) is 0 Å². The van der Waals surface area contributed by atoms with E-state index in [1.165, 1.54) is 12.1 Å². The highest BCUT2D eigenvalue weighted by molar-refractivity contribution is 9.10. The molecule has 0 saturated heterocycles. The number of halogens is 4. The average Bonchev–Trinajstić information content (AvgIpc) is 2.38. The van der Waals surface area contributed by atoms with Gasteiger partial charge in [-0.25, -0.2) is 13.2 Å². The van der Waals surface area contributed by atoms with Crippen LogP contribution >= 0.6 is 15.9 Å². The maximum atomic E-state index is 13.4. The molecule has 1 N–H and O–H groups in total. The predicted molar refractivity (Wildman–Crippen MR) is 74.4 cm³/mol. The molecule has 0 spiro atoms. The highest BCUT2D eigenvalue weighted by Gasteiger charge is 2.14. The molecule has 0 radical (unpaired) electrons. The molecule has 8 heteroatoms. The Balaban J connectivity index is 2.21. The average molecular weight is 361 g/mol. The third kappa shape index (κ3) is 3.52. The summed E-state index contributed by atoms with van der Waals surface area (Å²) in [6.07, 6.45) is 0. The van der Waals surface area contributed by atoms with E-state index >= 15 is 0 Å². The van der Waals surface area contributed by atoms with Gasteiger partial charge in [-0.15, -0.1) is 0 Å². The van der Waals surface area contributed by atoms with Crippen LogP contribution in [-0.4, -0.2) is 4.92 Å². The molecule has 0 unspecified atom stereocenters. The zero-order chi connectivity index (χ0) is 15.6. The third-order valence-corrected chi connectivity index (χ3v) is 3.35. The Kier molecular flexibility index (Phi) is 4.46. The number of rotatable bonds is 4. The second-order valence-electron chi connectivity index (χ2n) is 4.14. The van der Waals surface area contributed by atoms with Gasteiger partial charge in [0.1, 0.15) is 11.5 Å². The lowest BCUT2D eigenvalue weighted by molar-refractivity contribution is -0.385. The number of benzene rings is 2. The Bertz CT molecular complexity index is 687. The second kappa shape index (κ2) is 6.13. The van der Waals surface area contributed by atoms with Crippen LogP contribution in [0.1, 0.15) is 5.56 Å². The first-order chi connectivity index (χ1) is 9.88. The first-order valence-electron chi connectivity index (χ1n) is 5.69. The van der Waals surface area contributed by atoms with E-state index in [2.05, 4.69) is 21.2 Å².